The fourth-order valence-electron chi connectivity index (χ4n) is 8.39. The molecule has 10 aromatic rings. The summed E-state index contributed by atoms with van der Waals surface area (Å²) in [5.41, 5.74) is 6.13. The number of nitriles is 1. The van der Waals surface area contributed by atoms with E-state index in [1.807, 2.05) is 126 Å². The Morgan fingerprint density at radius 1 is 0.400 bits per heavy atom. The summed E-state index contributed by atoms with van der Waals surface area (Å²) in [7, 11) is 0. The third kappa shape index (κ3) is 7.78. The summed E-state index contributed by atoms with van der Waals surface area (Å²) in [5, 5.41) is 11.0. The van der Waals surface area contributed by atoms with Gasteiger partial charge in [-0.3, -0.25) is 0 Å². The Bertz CT molecular complexity index is 3320. The summed E-state index contributed by atoms with van der Waals surface area (Å²) < 4.78 is 89.5. The summed E-state index contributed by atoms with van der Waals surface area (Å²) in [5.74, 6) is 0.215. The lowest BCUT2D eigenvalue weighted by atomic mass is 9.91. The zero-order valence-electron chi connectivity index (χ0n) is 34.0. The number of rotatable bonds is 7. The first-order valence-corrected chi connectivity index (χ1v) is 20.5. The van der Waals surface area contributed by atoms with Crippen molar-refractivity contribution in [3.63, 3.8) is 0 Å². The standard InChI is InChI=1S/C55H32F6N4/c56-54(57,58)42-17-9-15-39(27-42)45-30-41(53-63-48(36-11-3-1-4-12-36)32-49(64-53)37-13-5-2-6-14-37)31-46(40-16-10-18-43(28-40)55(59,60)61)52(45)65-50-20-8-7-19-44(50)47-29-38(25-26-51(47)65)35-23-21-34(33-62)22-24-35/h1-32H. The Hall–Kier alpha value is -8.29. The molecule has 0 radical (unpaired) electrons. The first kappa shape index (κ1) is 40.8. The van der Waals surface area contributed by atoms with Crippen LogP contribution in [-0.4, -0.2) is 14.5 Å². The lowest BCUT2D eigenvalue weighted by molar-refractivity contribution is -0.138. The van der Waals surface area contributed by atoms with Crippen LogP contribution in [0.2, 0.25) is 0 Å². The Morgan fingerprint density at radius 3 is 1.43 bits per heavy atom. The van der Waals surface area contributed by atoms with Crippen molar-refractivity contribution in [3.8, 4) is 79.0 Å². The average molecular weight is 863 g/mol. The van der Waals surface area contributed by atoms with Crippen LogP contribution >= 0.6 is 0 Å². The Labute approximate surface area is 369 Å². The molecule has 0 spiro atoms. The number of hydrogen-bond donors (Lipinski definition) is 0. The van der Waals surface area contributed by atoms with Gasteiger partial charge in [0.1, 0.15) is 0 Å². The fraction of sp³-hybridized carbons (Fsp3) is 0.0364. The van der Waals surface area contributed by atoms with Crippen LogP contribution in [-0.2, 0) is 12.4 Å². The van der Waals surface area contributed by atoms with Crippen LogP contribution < -0.4 is 0 Å². The molecule has 8 aromatic carbocycles. The van der Waals surface area contributed by atoms with E-state index in [0.29, 0.717) is 50.4 Å². The molecule has 10 rings (SSSR count). The predicted molar refractivity (Wildman–Crippen MR) is 244 cm³/mol. The zero-order valence-corrected chi connectivity index (χ0v) is 34.0. The van der Waals surface area contributed by atoms with Gasteiger partial charge in [-0.1, -0.05) is 121 Å². The van der Waals surface area contributed by atoms with E-state index in [0.717, 1.165) is 57.3 Å². The number of aromatic nitrogens is 3. The minimum atomic E-state index is -4.70. The SMILES string of the molecule is N#Cc1ccc(-c2ccc3c(c2)c2ccccc2n3-c2c(-c3cccc(C(F)(F)F)c3)cc(-c3nc(-c4ccccc4)cc(-c4ccccc4)n3)cc2-c2cccc(C(F)(F)F)c2)cc1. The molecule has 4 nitrogen and oxygen atoms in total. The number of alkyl halides is 6. The van der Waals surface area contributed by atoms with Gasteiger partial charge in [0, 0.05) is 38.6 Å². The minimum Gasteiger partial charge on any atom is -0.308 e. The van der Waals surface area contributed by atoms with Crippen LogP contribution in [0.3, 0.4) is 0 Å². The molecule has 0 bridgehead atoms. The number of fused-ring (bicyclic) bond motifs is 3. The molecule has 10 heteroatoms. The summed E-state index contributed by atoms with van der Waals surface area (Å²) in [6, 6.07) is 56.8. The summed E-state index contributed by atoms with van der Waals surface area (Å²) in [4.78, 5) is 10.1. The fourth-order valence-corrected chi connectivity index (χ4v) is 8.39. The molecule has 0 saturated heterocycles. The predicted octanol–water partition coefficient (Wildman–Crippen LogP) is 15.5. The van der Waals surface area contributed by atoms with Crippen molar-refractivity contribution in [3.05, 3.63) is 211 Å². The van der Waals surface area contributed by atoms with E-state index in [2.05, 4.69) is 6.07 Å². The van der Waals surface area contributed by atoms with E-state index in [4.69, 9.17) is 9.97 Å². The maximum atomic E-state index is 14.6. The molecule has 0 aliphatic carbocycles. The lowest BCUT2D eigenvalue weighted by Crippen LogP contribution is -2.07. The van der Waals surface area contributed by atoms with E-state index >= 15 is 0 Å². The van der Waals surface area contributed by atoms with Gasteiger partial charge in [-0.05, 0) is 95.1 Å². The number of nitrogens with zero attached hydrogens (tertiary/aromatic N) is 4. The second kappa shape index (κ2) is 16.1. The van der Waals surface area contributed by atoms with Crippen LogP contribution in [0.5, 0.6) is 0 Å². The van der Waals surface area contributed by atoms with Gasteiger partial charge in [0.15, 0.2) is 5.82 Å². The summed E-state index contributed by atoms with van der Waals surface area (Å²) in [6.45, 7) is 0. The van der Waals surface area contributed by atoms with Gasteiger partial charge in [0.05, 0.1) is 50.9 Å². The van der Waals surface area contributed by atoms with Gasteiger partial charge in [-0.15, -0.1) is 0 Å². The summed E-state index contributed by atoms with van der Waals surface area (Å²) >= 11 is 0. The molecule has 0 unspecified atom stereocenters. The third-order valence-corrected chi connectivity index (χ3v) is 11.5. The summed E-state index contributed by atoms with van der Waals surface area (Å²) in [6.07, 6.45) is -9.41. The van der Waals surface area contributed by atoms with Crippen molar-refractivity contribution >= 4 is 21.8 Å². The molecule has 0 amide bonds. The Morgan fingerprint density at radius 2 is 0.892 bits per heavy atom. The van der Waals surface area contributed by atoms with E-state index < -0.39 is 23.5 Å². The normalized spacial score (nSPS) is 11.8. The number of benzene rings is 8. The van der Waals surface area contributed by atoms with Crippen LogP contribution in [0.1, 0.15) is 16.7 Å². The van der Waals surface area contributed by atoms with Crippen molar-refractivity contribution in [2.75, 3.05) is 0 Å². The Kier molecular flexibility index (Phi) is 10.1. The van der Waals surface area contributed by atoms with Gasteiger partial charge >= 0.3 is 12.4 Å². The first-order chi connectivity index (χ1) is 31.4. The van der Waals surface area contributed by atoms with Crippen LogP contribution in [0.15, 0.2) is 194 Å². The number of halogens is 6. The monoisotopic (exact) mass is 862 g/mol. The van der Waals surface area contributed by atoms with E-state index in [9.17, 15) is 31.6 Å². The topological polar surface area (TPSA) is 54.5 Å². The molecule has 0 saturated carbocycles. The van der Waals surface area contributed by atoms with Gasteiger partial charge in [-0.25, -0.2) is 9.97 Å². The van der Waals surface area contributed by atoms with Gasteiger partial charge in [0.25, 0.3) is 0 Å². The molecule has 314 valence electrons. The minimum absolute atomic E-state index is 0.174. The molecular weight excluding hydrogens is 831 g/mol. The highest BCUT2D eigenvalue weighted by molar-refractivity contribution is 6.12. The van der Waals surface area contributed by atoms with Crippen molar-refractivity contribution in [2.45, 2.75) is 12.4 Å². The highest BCUT2D eigenvalue weighted by Crippen LogP contribution is 2.46. The van der Waals surface area contributed by atoms with Crippen LogP contribution in [0.25, 0.3) is 94.8 Å². The molecular formula is C55H32F6N4. The average Bonchev–Trinajstić information content (AvgIpc) is 3.67. The molecule has 0 N–H and O–H groups in total. The van der Waals surface area contributed by atoms with Crippen molar-refractivity contribution in [1.29, 1.82) is 5.26 Å². The van der Waals surface area contributed by atoms with Crippen LogP contribution in [0, 0.1) is 11.3 Å². The molecule has 0 fully saturated rings. The highest BCUT2D eigenvalue weighted by Gasteiger charge is 2.33. The molecule has 0 aliphatic rings. The van der Waals surface area contributed by atoms with Gasteiger partial charge in [-0.2, -0.15) is 31.6 Å². The highest BCUT2D eigenvalue weighted by atomic mass is 19.4. The molecule has 2 heterocycles. The van der Waals surface area contributed by atoms with E-state index in [1.165, 1.54) is 12.1 Å². The zero-order chi connectivity index (χ0) is 44.9. The van der Waals surface area contributed by atoms with Crippen molar-refractivity contribution < 1.29 is 26.3 Å². The van der Waals surface area contributed by atoms with E-state index in [-0.39, 0.29) is 17.0 Å². The quantitative estimate of drug-likeness (QED) is 0.150. The Balaban J connectivity index is 1.33. The smallest absolute Gasteiger partial charge is 0.308 e. The third-order valence-electron chi connectivity index (χ3n) is 11.5. The van der Waals surface area contributed by atoms with Crippen LogP contribution in [0.4, 0.5) is 26.3 Å². The second-order valence-electron chi connectivity index (χ2n) is 15.5. The first-order valence-electron chi connectivity index (χ1n) is 20.5. The maximum absolute atomic E-state index is 14.6. The molecule has 0 atom stereocenters. The van der Waals surface area contributed by atoms with Crippen molar-refractivity contribution in [1.82, 2.24) is 14.5 Å². The number of hydrogen-bond acceptors (Lipinski definition) is 3. The number of para-hydroxylation sites is 1. The molecule has 65 heavy (non-hydrogen) atoms. The lowest BCUT2D eigenvalue weighted by Gasteiger charge is -2.22. The maximum Gasteiger partial charge on any atom is 0.416 e. The second-order valence-corrected chi connectivity index (χ2v) is 15.5. The molecule has 0 aliphatic heterocycles. The van der Waals surface area contributed by atoms with Gasteiger partial charge < -0.3 is 4.57 Å². The van der Waals surface area contributed by atoms with E-state index in [1.54, 1.807) is 36.4 Å². The molecule has 2 aromatic heterocycles. The largest absolute Gasteiger partial charge is 0.416 e. The van der Waals surface area contributed by atoms with Gasteiger partial charge in [0.2, 0.25) is 0 Å². The van der Waals surface area contributed by atoms with Crippen molar-refractivity contribution in [2.24, 2.45) is 0 Å².